The van der Waals surface area contributed by atoms with Gasteiger partial charge < -0.3 is 5.11 Å². The number of thiophene rings is 1. The Hall–Kier alpha value is -0.710. The Kier molecular flexibility index (Phi) is 4.54. The lowest BCUT2D eigenvalue weighted by molar-refractivity contribution is 0.182. The first-order chi connectivity index (χ1) is 8.61. The van der Waals surface area contributed by atoms with Crippen LogP contribution in [0.2, 0.25) is 0 Å². The van der Waals surface area contributed by atoms with Crippen LogP contribution in [0.1, 0.15) is 28.3 Å². The average Bonchev–Trinajstić information content (AvgIpc) is 2.83. The lowest BCUT2D eigenvalue weighted by Crippen LogP contribution is -2.01. The number of hydrogen-bond acceptors (Lipinski definition) is 2. The molecule has 2 rings (SSSR count). The molecule has 0 spiro atoms. The summed E-state index contributed by atoms with van der Waals surface area (Å²) in [5.74, 6) is -0.292. The first-order valence-electron chi connectivity index (χ1n) is 5.81. The summed E-state index contributed by atoms with van der Waals surface area (Å²) >= 11 is 4.83. The minimum absolute atomic E-state index is 0.292. The number of halogens is 2. The van der Waals surface area contributed by atoms with Gasteiger partial charge in [0.15, 0.2) is 0 Å². The summed E-state index contributed by atoms with van der Waals surface area (Å²) in [5.41, 5.74) is 0.786. The highest BCUT2D eigenvalue weighted by atomic mass is 79.9. The van der Waals surface area contributed by atoms with Gasteiger partial charge in [0.25, 0.3) is 0 Å². The van der Waals surface area contributed by atoms with Crippen LogP contribution < -0.4 is 0 Å². The fraction of sp³-hybridized carbons (Fsp3) is 0.286. The zero-order valence-electron chi connectivity index (χ0n) is 9.99. The van der Waals surface area contributed by atoms with Crippen molar-refractivity contribution in [2.75, 3.05) is 0 Å². The first-order valence-corrected chi connectivity index (χ1v) is 7.42. The summed E-state index contributed by atoms with van der Waals surface area (Å²) < 4.78 is 13.8. The molecule has 0 aliphatic carbocycles. The molecule has 1 atom stereocenters. The number of aliphatic hydroxyl groups is 1. The van der Waals surface area contributed by atoms with Crippen LogP contribution in [-0.2, 0) is 12.8 Å². The van der Waals surface area contributed by atoms with Crippen LogP contribution in [0, 0.1) is 5.82 Å². The predicted molar refractivity (Wildman–Crippen MR) is 76.5 cm³/mol. The third-order valence-corrected chi connectivity index (χ3v) is 5.02. The fourth-order valence-electron chi connectivity index (χ4n) is 1.78. The third kappa shape index (κ3) is 2.99. The van der Waals surface area contributed by atoms with Gasteiger partial charge in [-0.2, -0.15) is 0 Å². The number of aliphatic hydroxyl groups excluding tert-OH is 1. The van der Waals surface area contributed by atoms with Gasteiger partial charge in [-0.3, -0.25) is 0 Å². The van der Waals surface area contributed by atoms with E-state index >= 15 is 0 Å². The van der Waals surface area contributed by atoms with E-state index < -0.39 is 6.10 Å². The highest BCUT2D eigenvalue weighted by Gasteiger charge is 2.14. The molecule has 4 heteroatoms. The van der Waals surface area contributed by atoms with Crippen molar-refractivity contribution in [1.29, 1.82) is 0 Å². The maximum Gasteiger partial charge on any atom is 0.137 e. The van der Waals surface area contributed by atoms with Crippen molar-refractivity contribution in [2.45, 2.75) is 25.9 Å². The summed E-state index contributed by atoms with van der Waals surface area (Å²) in [6, 6.07) is 8.87. The smallest absolute Gasteiger partial charge is 0.137 e. The Labute approximate surface area is 118 Å². The second-order valence-corrected chi connectivity index (χ2v) is 6.08. The molecular weight excluding hydrogens is 315 g/mol. The molecular formula is C14H14BrFOS. The molecule has 1 unspecified atom stereocenters. The molecule has 1 aromatic carbocycles. The van der Waals surface area contributed by atoms with E-state index in [1.54, 1.807) is 17.4 Å². The summed E-state index contributed by atoms with van der Waals surface area (Å²) in [7, 11) is 0. The monoisotopic (exact) mass is 328 g/mol. The predicted octanol–water partition coefficient (Wildman–Crippen LogP) is 4.49. The largest absolute Gasteiger partial charge is 0.387 e. The average molecular weight is 329 g/mol. The van der Waals surface area contributed by atoms with Gasteiger partial charge in [-0.05, 0) is 46.1 Å². The Bertz CT molecular complexity index is 538. The Morgan fingerprint density at radius 1 is 1.33 bits per heavy atom. The highest BCUT2D eigenvalue weighted by molar-refractivity contribution is 9.10. The van der Waals surface area contributed by atoms with Gasteiger partial charge >= 0.3 is 0 Å². The van der Waals surface area contributed by atoms with Gasteiger partial charge in [0.05, 0.1) is 10.6 Å². The quantitative estimate of drug-likeness (QED) is 0.876. The van der Waals surface area contributed by atoms with Gasteiger partial charge in [-0.25, -0.2) is 4.39 Å². The molecule has 0 fully saturated rings. The topological polar surface area (TPSA) is 20.2 Å². The molecule has 2 aromatic rings. The molecule has 0 aliphatic heterocycles. The molecule has 18 heavy (non-hydrogen) atoms. The first kappa shape index (κ1) is 13.7. The van der Waals surface area contributed by atoms with E-state index in [0.29, 0.717) is 10.9 Å². The van der Waals surface area contributed by atoms with Gasteiger partial charge in [-0.1, -0.05) is 19.1 Å². The van der Waals surface area contributed by atoms with Crippen LogP contribution in [0.3, 0.4) is 0 Å². The van der Waals surface area contributed by atoms with Crippen LogP contribution in [0.5, 0.6) is 0 Å². The fourth-order valence-corrected chi connectivity index (χ4v) is 3.14. The normalized spacial score (nSPS) is 12.7. The van der Waals surface area contributed by atoms with E-state index in [4.69, 9.17) is 0 Å². The molecule has 1 aromatic heterocycles. The Morgan fingerprint density at radius 2 is 2.11 bits per heavy atom. The van der Waals surface area contributed by atoms with Crippen molar-refractivity contribution in [3.8, 4) is 0 Å². The van der Waals surface area contributed by atoms with Crippen molar-refractivity contribution >= 4 is 27.3 Å². The van der Waals surface area contributed by atoms with Crippen molar-refractivity contribution in [3.05, 3.63) is 55.9 Å². The molecule has 1 heterocycles. The molecule has 0 amide bonds. The van der Waals surface area contributed by atoms with E-state index in [1.165, 1.54) is 10.9 Å². The van der Waals surface area contributed by atoms with Crippen LogP contribution in [0.25, 0.3) is 0 Å². The molecule has 0 aliphatic rings. The van der Waals surface area contributed by atoms with Crippen molar-refractivity contribution in [1.82, 2.24) is 0 Å². The van der Waals surface area contributed by atoms with E-state index in [1.807, 2.05) is 18.2 Å². The molecule has 1 nitrogen and oxygen atoms in total. The summed E-state index contributed by atoms with van der Waals surface area (Å²) in [5, 5.41) is 10.2. The number of hydrogen-bond donors (Lipinski definition) is 1. The molecule has 0 radical (unpaired) electrons. The van der Waals surface area contributed by atoms with Gasteiger partial charge in [0.1, 0.15) is 5.82 Å². The van der Waals surface area contributed by atoms with Crippen LogP contribution >= 0.6 is 27.3 Å². The van der Waals surface area contributed by atoms with E-state index in [9.17, 15) is 9.50 Å². The maximum atomic E-state index is 13.4. The lowest BCUT2D eigenvalue weighted by atomic mass is 10.1. The molecule has 0 saturated heterocycles. The minimum atomic E-state index is -0.576. The lowest BCUT2D eigenvalue weighted by Gasteiger charge is -2.10. The Morgan fingerprint density at radius 3 is 2.78 bits per heavy atom. The number of benzene rings is 1. The SMILES string of the molecule is CCc1ccc(C(O)Cc2cccc(F)c2Br)s1. The minimum Gasteiger partial charge on any atom is -0.387 e. The number of rotatable bonds is 4. The molecule has 1 N–H and O–H groups in total. The van der Waals surface area contributed by atoms with E-state index in [2.05, 4.69) is 22.9 Å². The molecule has 0 saturated carbocycles. The van der Waals surface area contributed by atoms with Gasteiger partial charge in [-0.15, -0.1) is 11.3 Å². The zero-order chi connectivity index (χ0) is 13.1. The van der Waals surface area contributed by atoms with Crippen molar-refractivity contribution in [3.63, 3.8) is 0 Å². The Balaban J connectivity index is 2.15. The molecule has 0 bridgehead atoms. The van der Waals surface area contributed by atoms with Gasteiger partial charge in [0.2, 0.25) is 0 Å². The number of aryl methyl sites for hydroxylation is 1. The standard InChI is InChI=1S/C14H14BrFOS/c1-2-10-6-7-13(18-10)12(17)8-9-4-3-5-11(16)14(9)15/h3-7,12,17H,2,8H2,1H3. The highest BCUT2D eigenvalue weighted by Crippen LogP contribution is 2.29. The van der Waals surface area contributed by atoms with Crippen molar-refractivity contribution in [2.24, 2.45) is 0 Å². The van der Waals surface area contributed by atoms with Crippen LogP contribution in [0.15, 0.2) is 34.8 Å². The zero-order valence-corrected chi connectivity index (χ0v) is 12.4. The summed E-state index contributed by atoms with van der Waals surface area (Å²) in [4.78, 5) is 2.19. The van der Waals surface area contributed by atoms with E-state index in [0.717, 1.165) is 16.9 Å². The second kappa shape index (κ2) is 5.95. The third-order valence-electron chi connectivity index (χ3n) is 2.80. The van der Waals surface area contributed by atoms with Crippen LogP contribution in [-0.4, -0.2) is 5.11 Å². The van der Waals surface area contributed by atoms with Crippen molar-refractivity contribution < 1.29 is 9.50 Å². The van der Waals surface area contributed by atoms with E-state index in [-0.39, 0.29) is 5.82 Å². The molecule has 96 valence electrons. The second-order valence-electron chi connectivity index (χ2n) is 4.09. The summed E-state index contributed by atoms with van der Waals surface area (Å²) in [6.45, 7) is 2.09. The van der Waals surface area contributed by atoms with Crippen LogP contribution in [0.4, 0.5) is 4.39 Å². The maximum absolute atomic E-state index is 13.4. The van der Waals surface area contributed by atoms with Gasteiger partial charge in [0, 0.05) is 16.2 Å². The summed E-state index contributed by atoms with van der Waals surface area (Å²) in [6.07, 6.45) is 0.816.